The molecule has 1 aromatic carbocycles. The van der Waals surface area contributed by atoms with E-state index in [-0.39, 0.29) is 5.82 Å². The molecular weight excluding hydrogens is 241 g/mol. The van der Waals surface area contributed by atoms with Crippen molar-refractivity contribution in [1.82, 2.24) is 5.32 Å². The Bertz CT molecular complexity index is 486. The number of ether oxygens (including phenoxy) is 1. The van der Waals surface area contributed by atoms with E-state index < -0.39 is 0 Å². The molecule has 3 rings (SSSR count). The molecule has 1 saturated heterocycles. The molecule has 0 spiro atoms. The number of rotatable bonds is 3. The van der Waals surface area contributed by atoms with E-state index in [1.54, 1.807) is 6.07 Å². The average Bonchev–Trinajstić information content (AvgIpc) is 3.00. The van der Waals surface area contributed by atoms with Crippen LogP contribution in [0.4, 0.5) is 4.39 Å². The molecule has 0 aromatic heterocycles. The Hall–Kier alpha value is -1.35. The van der Waals surface area contributed by atoms with Gasteiger partial charge in [0.15, 0.2) is 11.6 Å². The molecule has 0 bridgehead atoms. The minimum Gasteiger partial charge on any atom is -0.494 e. The molecule has 2 fully saturated rings. The van der Waals surface area contributed by atoms with Gasteiger partial charge in [-0.2, -0.15) is 0 Å². The zero-order valence-corrected chi connectivity index (χ0v) is 11.2. The molecule has 1 N–H and O–H groups in total. The Morgan fingerprint density at radius 2 is 2.26 bits per heavy atom. The molecule has 1 aliphatic heterocycles. The van der Waals surface area contributed by atoms with Crippen LogP contribution < -0.4 is 10.1 Å². The summed E-state index contributed by atoms with van der Waals surface area (Å²) in [6.45, 7) is 1.14. The van der Waals surface area contributed by atoms with Crippen LogP contribution in [-0.4, -0.2) is 19.7 Å². The van der Waals surface area contributed by atoms with Gasteiger partial charge in [0.05, 0.1) is 7.11 Å². The Morgan fingerprint density at radius 1 is 1.37 bits per heavy atom. The van der Waals surface area contributed by atoms with E-state index in [0.717, 1.165) is 23.9 Å². The van der Waals surface area contributed by atoms with Gasteiger partial charge in [0.25, 0.3) is 0 Å². The standard InChI is InChI=1S/C16H20FNO/c1-19-16-8-6-11(9-14(16)17)5-7-15-13-4-2-3-12(13)10-18-15/h5-9,12-13,15,18H,2-4,10H2,1H3/b7-5+. The molecule has 1 aliphatic carbocycles. The molecule has 102 valence electrons. The molecule has 1 heterocycles. The first-order valence-corrected chi connectivity index (χ1v) is 7.03. The van der Waals surface area contributed by atoms with Crippen LogP contribution in [0.1, 0.15) is 24.8 Å². The van der Waals surface area contributed by atoms with E-state index in [2.05, 4.69) is 11.4 Å². The highest BCUT2D eigenvalue weighted by Gasteiger charge is 2.37. The Morgan fingerprint density at radius 3 is 3.05 bits per heavy atom. The fourth-order valence-electron chi connectivity index (χ4n) is 3.44. The normalized spacial score (nSPS) is 29.9. The largest absolute Gasteiger partial charge is 0.494 e. The summed E-state index contributed by atoms with van der Waals surface area (Å²) < 4.78 is 18.5. The van der Waals surface area contributed by atoms with Crippen molar-refractivity contribution in [3.8, 4) is 5.75 Å². The van der Waals surface area contributed by atoms with E-state index in [1.807, 2.05) is 12.1 Å². The predicted octanol–water partition coefficient (Wildman–Crippen LogP) is 3.24. The van der Waals surface area contributed by atoms with Crippen molar-refractivity contribution >= 4 is 6.08 Å². The first kappa shape index (κ1) is 12.7. The van der Waals surface area contributed by atoms with Gasteiger partial charge in [-0.05, 0) is 48.9 Å². The molecule has 2 aliphatic rings. The number of benzene rings is 1. The van der Waals surface area contributed by atoms with Crippen molar-refractivity contribution in [2.24, 2.45) is 11.8 Å². The van der Waals surface area contributed by atoms with Gasteiger partial charge in [-0.1, -0.05) is 24.6 Å². The fraction of sp³-hybridized carbons (Fsp3) is 0.500. The molecule has 1 aromatic rings. The second-order valence-electron chi connectivity index (χ2n) is 5.54. The highest BCUT2D eigenvalue weighted by Crippen LogP contribution is 2.38. The van der Waals surface area contributed by atoms with Crippen LogP contribution in [-0.2, 0) is 0 Å². The molecule has 1 saturated carbocycles. The lowest BCUT2D eigenvalue weighted by Gasteiger charge is -2.13. The zero-order chi connectivity index (χ0) is 13.2. The van der Waals surface area contributed by atoms with Crippen molar-refractivity contribution in [3.63, 3.8) is 0 Å². The number of hydrogen-bond acceptors (Lipinski definition) is 2. The van der Waals surface area contributed by atoms with Gasteiger partial charge >= 0.3 is 0 Å². The maximum atomic E-state index is 13.6. The molecule has 0 amide bonds. The molecular formula is C16H20FNO. The van der Waals surface area contributed by atoms with Gasteiger partial charge in [0, 0.05) is 6.04 Å². The van der Waals surface area contributed by atoms with Gasteiger partial charge in [-0.25, -0.2) is 4.39 Å². The first-order valence-electron chi connectivity index (χ1n) is 7.03. The van der Waals surface area contributed by atoms with Gasteiger partial charge in [-0.3, -0.25) is 0 Å². The number of fused-ring (bicyclic) bond motifs is 1. The Kier molecular flexibility index (Phi) is 3.56. The van der Waals surface area contributed by atoms with Crippen molar-refractivity contribution < 1.29 is 9.13 Å². The third kappa shape index (κ3) is 2.52. The Labute approximate surface area is 113 Å². The van der Waals surface area contributed by atoms with Crippen molar-refractivity contribution in [2.45, 2.75) is 25.3 Å². The smallest absolute Gasteiger partial charge is 0.165 e. The predicted molar refractivity (Wildman–Crippen MR) is 74.6 cm³/mol. The van der Waals surface area contributed by atoms with E-state index in [4.69, 9.17) is 4.74 Å². The summed E-state index contributed by atoms with van der Waals surface area (Å²) in [4.78, 5) is 0. The van der Waals surface area contributed by atoms with E-state index in [1.165, 1.54) is 32.4 Å². The summed E-state index contributed by atoms with van der Waals surface area (Å²) in [5.74, 6) is 1.62. The van der Waals surface area contributed by atoms with Crippen LogP contribution in [0.2, 0.25) is 0 Å². The van der Waals surface area contributed by atoms with Crippen LogP contribution in [0.3, 0.4) is 0 Å². The molecule has 19 heavy (non-hydrogen) atoms. The summed E-state index contributed by atoms with van der Waals surface area (Å²) in [7, 11) is 1.48. The maximum absolute atomic E-state index is 13.6. The summed E-state index contributed by atoms with van der Waals surface area (Å²) in [5.41, 5.74) is 0.890. The van der Waals surface area contributed by atoms with Crippen LogP contribution in [0, 0.1) is 17.7 Å². The van der Waals surface area contributed by atoms with E-state index >= 15 is 0 Å². The lowest BCUT2D eigenvalue weighted by atomic mass is 9.93. The fourth-order valence-corrected chi connectivity index (χ4v) is 3.44. The van der Waals surface area contributed by atoms with Gasteiger partial charge in [0.1, 0.15) is 0 Å². The first-order chi connectivity index (χ1) is 9.28. The lowest BCUT2D eigenvalue weighted by molar-refractivity contribution is 0.386. The molecule has 3 heteroatoms. The van der Waals surface area contributed by atoms with Crippen LogP contribution in [0.15, 0.2) is 24.3 Å². The van der Waals surface area contributed by atoms with Crippen molar-refractivity contribution in [1.29, 1.82) is 0 Å². The van der Waals surface area contributed by atoms with Gasteiger partial charge < -0.3 is 10.1 Å². The number of hydrogen-bond donors (Lipinski definition) is 1. The molecule has 0 radical (unpaired) electrons. The molecule has 2 nitrogen and oxygen atoms in total. The second-order valence-corrected chi connectivity index (χ2v) is 5.54. The minimum atomic E-state index is -0.303. The minimum absolute atomic E-state index is 0.298. The zero-order valence-electron chi connectivity index (χ0n) is 11.2. The number of methoxy groups -OCH3 is 1. The topological polar surface area (TPSA) is 21.3 Å². The van der Waals surface area contributed by atoms with Crippen molar-refractivity contribution in [2.75, 3.05) is 13.7 Å². The summed E-state index contributed by atoms with van der Waals surface area (Å²) in [6, 6.07) is 5.54. The van der Waals surface area contributed by atoms with Gasteiger partial charge in [-0.15, -0.1) is 0 Å². The maximum Gasteiger partial charge on any atom is 0.165 e. The average molecular weight is 261 g/mol. The highest BCUT2D eigenvalue weighted by molar-refractivity contribution is 5.52. The third-order valence-corrected chi connectivity index (χ3v) is 4.47. The Balaban J connectivity index is 1.70. The van der Waals surface area contributed by atoms with Crippen molar-refractivity contribution in [3.05, 3.63) is 35.7 Å². The second kappa shape index (κ2) is 5.33. The molecule has 3 unspecified atom stereocenters. The number of halogens is 1. The quantitative estimate of drug-likeness (QED) is 0.902. The monoisotopic (exact) mass is 261 g/mol. The van der Waals surface area contributed by atoms with E-state index in [0.29, 0.717) is 11.8 Å². The highest BCUT2D eigenvalue weighted by atomic mass is 19.1. The van der Waals surface area contributed by atoms with E-state index in [9.17, 15) is 4.39 Å². The molecule has 3 atom stereocenters. The number of nitrogens with one attached hydrogen (secondary N) is 1. The third-order valence-electron chi connectivity index (χ3n) is 4.47. The lowest BCUT2D eigenvalue weighted by Crippen LogP contribution is -2.23. The summed E-state index contributed by atoms with van der Waals surface area (Å²) >= 11 is 0. The van der Waals surface area contributed by atoms with Gasteiger partial charge in [0.2, 0.25) is 0 Å². The van der Waals surface area contributed by atoms with Crippen LogP contribution in [0.5, 0.6) is 5.75 Å². The van der Waals surface area contributed by atoms with Crippen LogP contribution in [0.25, 0.3) is 6.08 Å². The summed E-state index contributed by atoms with van der Waals surface area (Å²) in [5, 5.41) is 3.56. The van der Waals surface area contributed by atoms with Crippen LogP contribution >= 0.6 is 0 Å². The summed E-state index contributed by atoms with van der Waals surface area (Å²) in [6.07, 6.45) is 8.25. The SMILES string of the molecule is COc1ccc(/C=C/C2NCC3CCCC32)cc1F.